The van der Waals surface area contributed by atoms with Crippen LogP contribution in [-0.2, 0) is 15.8 Å². The molecule has 0 aromatic heterocycles. The second-order valence-corrected chi connectivity index (χ2v) is 6.42. The fourth-order valence-corrected chi connectivity index (χ4v) is 2.88. The van der Waals surface area contributed by atoms with Crippen molar-refractivity contribution in [1.29, 1.82) is 0 Å². The van der Waals surface area contributed by atoms with Gasteiger partial charge in [0.25, 0.3) is 5.91 Å². The summed E-state index contributed by atoms with van der Waals surface area (Å²) in [5.74, 6) is -1.04. The molecule has 1 aliphatic heterocycles. The van der Waals surface area contributed by atoms with E-state index >= 15 is 0 Å². The van der Waals surface area contributed by atoms with Gasteiger partial charge in [0.15, 0.2) is 0 Å². The van der Waals surface area contributed by atoms with Crippen LogP contribution in [-0.4, -0.2) is 34.8 Å². The first-order chi connectivity index (χ1) is 11.6. The van der Waals surface area contributed by atoms with Crippen LogP contribution in [0.15, 0.2) is 24.3 Å². The van der Waals surface area contributed by atoms with Gasteiger partial charge in [-0.25, -0.2) is 4.79 Å². The molecule has 0 radical (unpaired) electrons. The van der Waals surface area contributed by atoms with E-state index in [1.54, 1.807) is 6.92 Å². The normalized spacial score (nSPS) is 23.6. The lowest BCUT2D eigenvalue weighted by Crippen LogP contribution is -2.46. The van der Waals surface area contributed by atoms with E-state index in [2.05, 4.69) is 10.6 Å². The Labute approximate surface area is 141 Å². The van der Waals surface area contributed by atoms with Crippen molar-refractivity contribution in [3.63, 3.8) is 0 Å². The van der Waals surface area contributed by atoms with Crippen molar-refractivity contribution in [3.8, 4) is 0 Å². The Hall–Kier alpha value is -2.58. The molecule has 1 saturated heterocycles. The number of hydrogen-bond donors (Lipinski definition) is 2. The number of alkyl halides is 3. The summed E-state index contributed by atoms with van der Waals surface area (Å²) in [7, 11) is 0. The van der Waals surface area contributed by atoms with E-state index in [1.807, 2.05) is 0 Å². The monoisotopic (exact) mass is 355 g/mol. The Bertz CT molecular complexity index is 728. The predicted octanol–water partition coefficient (Wildman–Crippen LogP) is 2.36. The van der Waals surface area contributed by atoms with Crippen molar-refractivity contribution >= 4 is 23.5 Å². The molecule has 1 aromatic rings. The number of amides is 4. The van der Waals surface area contributed by atoms with Gasteiger partial charge in [0.05, 0.1) is 5.56 Å². The molecular formula is C16H16F3N3O3. The SMILES string of the molecule is C[C@]1(C2CC2)NC(=O)N(CC(=O)Nc2ccc(C(F)(F)F)cc2)C1=O. The highest BCUT2D eigenvalue weighted by molar-refractivity contribution is 6.10. The van der Waals surface area contributed by atoms with E-state index in [9.17, 15) is 27.6 Å². The zero-order valence-electron chi connectivity index (χ0n) is 13.3. The van der Waals surface area contributed by atoms with Crippen LogP contribution in [0.5, 0.6) is 0 Å². The molecule has 25 heavy (non-hydrogen) atoms. The van der Waals surface area contributed by atoms with Gasteiger partial charge >= 0.3 is 12.2 Å². The summed E-state index contributed by atoms with van der Waals surface area (Å²) in [5.41, 5.74) is -1.67. The van der Waals surface area contributed by atoms with Gasteiger partial charge in [0.1, 0.15) is 12.1 Å². The van der Waals surface area contributed by atoms with E-state index in [4.69, 9.17) is 0 Å². The van der Waals surface area contributed by atoms with Gasteiger partial charge in [0.2, 0.25) is 5.91 Å². The minimum atomic E-state index is -4.46. The Morgan fingerprint density at radius 1 is 1.28 bits per heavy atom. The van der Waals surface area contributed by atoms with E-state index < -0.39 is 41.7 Å². The number of nitrogens with zero attached hydrogens (tertiary/aromatic N) is 1. The maximum atomic E-state index is 12.5. The van der Waals surface area contributed by atoms with Crippen molar-refractivity contribution in [1.82, 2.24) is 10.2 Å². The standard InChI is InChI=1S/C16H16F3N3O3/c1-15(9-2-3-9)13(24)22(14(25)21-15)8-12(23)20-11-6-4-10(5-7-11)16(17,18)19/h4-7,9H,2-3,8H2,1H3,(H,20,23)(H,21,25)/t15-/m1/s1. The topological polar surface area (TPSA) is 78.5 Å². The number of benzene rings is 1. The third-order valence-electron chi connectivity index (χ3n) is 4.49. The van der Waals surface area contributed by atoms with Crippen LogP contribution >= 0.6 is 0 Å². The van der Waals surface area contributed by atoms with Crippen LogP contribution in [0.3, 0.4) is 0 Å². The molecule has 2 aliphatic rings. The third kappa shape index (κ3) is 3.31. The molecule has 0 unspecified atom stereocenters. The van der Waals surface area contributed by atoms with Crippen molar-refractivity contribution in [3.05, 3.63) is 29.8 Å². The maximum Gasteiger partial charge on any atom is 0.416 e. The molecule has 1 saturated carbocycles. The van der Waals surface area contributed by atoms with Crippen LogP contribution in [0.4, 0.5) is 23.7 Å². The summed E-state index contributed by atoms with van der Waals surface area (Å²) in [6, 6.07) is 3.27. The molecule has 2 N–H and O–H groups in total. The zero-order chi connectivity index (χ0) is 18.4. The number of hydrogen-bond acceptors (Lipinski definition) is 3. The van der Waals surface area contributed by atoms with Gasteiger partial charge in [-0.1, -0.05) is 0 Å². The first kappa shape index (κ1) is 17.2. The Morgan fingerprint density at radius 2 is 1.88 bits per heavy atom. The first-order valence-electron chi connectivity index (χ1n) is 7.72. The van der Waals surface area contributed by atoms with Crippen LogP contribution in [0.25, 0.3) is 0 Å². The largest absolute Gasteiger partial charge is 0.416 e. The number of rotatable bonds is 4. The molecule has 134 valence electrons. The minimum absolute atomic E-state index is 0.0759. The van der Waals surface area contributed by atoms with E-state index in [1.165, 1.54) is 0 Å². The highest BCUT2D eigenvalue weighted by Crippen LogP contribution is 2.42. The second-order valence-electron chi connectivity index (χ2n) is 6.42. The van der Waals surface area contributed by atoms with Crippen molar-refractivity contribution < 1.29 is 27.6 Å². The number of nitrogens with one attached hydrogen (secondary N) is 2. The van der Waals surface area contributed by atoms with Crippen LogP contribution in [0.2, 0.25) is 0 Å². The highest BCUT2D eigenvalue weighted by Gasteiger charge is 2.56. The van der Waals surface area contributed by atoms with Crippen molar-refractivity contribution in [2.24, 2.45) is 5.92 Å². The molecule has 9 heteroatoms. The molecule has 3 rings (SSSR count). The number of imide groups is 1. The summed E-state index contributed by atoms with van der Waals surface area (Å²) in [6.07, 6.45) is -2.78. The number of carbonyl (C=O) groups is 3. The number of urea groups is 1. The summed E-state index contributed by atoms with van der Waals surface area (Å²) in [6.45, 7) is 1.15. The molecule has 1 atom stereocenters. The number of anilines is 1. The second kappa shape index (κ2) is 5.75. The molecule has 1 heterocycles. The fraction of sp³-hybridized carbons (Fsp3) is 0.438. The smallest absolute Gasteiger partial charge is 0.325 e. The van der Waals surface area contributed by atoms with Gasteiger partial charge in [-0.05, 0) is 49.9 Å². The Kier molecular flexibility index (Phi) is 3.97. The van der Waals surface area contributed by atoms with Gasteiger partial charge < -0.3 is 10.6 Å². The summed E-state index contributed by atoms with van der Waals surface area (Å²) >= 11 is 0. The van der Waals surface area contributed by atoms with Crippen molar-refractivity contribution in [2.45, 2.75) is 31.5 Å². The highest BCUT2D eigenvalue weighted by atomic mass is 19.4. The lowest BCUT2D eigenvalue weighted by Gasteiger charge is -2.20. The molecule has 0 spiro atoms. The van der Waals surface area contributed by atoms with Gasteiger partial charge in [0, 0.05) is 5.69 Å². The van der Waals surface area contributed by atoms with Gasteiger partial charge in [-0.2, -0.15) is 13.2 Å². The lowest BCUT2D eigenvalue weighted by molar-refractivity contribution is -0.137. The van der Waals surface area contributed by atoms with Crippen molar-refractivity contribution in [2.75, 3.05) is 11.9 Å². The summed E-state index contributed by atoms with van der Waals surface area (Å²) in [5, 5.41) is 5.00. The Balaban J connectivity index is 1.63. The first-order valence-corrected chi connectivity index (χ1v) is 7.72. The van der Waals surface area contributed by atoms with Gasteiger partial charge in [-0.15, -0.1) is 0 Å². The molecular weight excluding hydrogens is 339 g/mol. The molecule has 6 nitrogen and oxygen atoms in total. The molecule has 2 fully saturated rings. The Morgan fingerprint density at radius 3 is 2.40 bits per heavy atom. The fourth-order valence-electron chi connectivity index (χ4n) is 2.88. The molecule has 0 bridgehead atoms. The van der Waals surface area contributed by atoms with Gasteiger partial charge in [-0.3, -0.25) is 14.5 Å². The molecule has 4 amide bonds. The van der Waals surface area contributed by atoms with Crippen LogP contribution in [0.1, 0.15) is 25.3 Å². The summed E-state index contributed by atoms with van der Waals surface area (Å²) < 4.78 is 37.5. The summed E-state index contributed by atoms with van der Waals surface area (Å²) in [4.78, 5) is 37.2. The molecule has 1 aromatic carbocycles. The van der Waals surface area contributed by atoms with E-state index in [-0.39, 0.29) is 11.6 Å². The average Bonchev–Trinajstić information content (AvgIpc) is 3.33. The van der Waals surface area contributed by atoms with E-state index in [0.717, 1.165) is 42.0 Å². The minimum Gasteiger partial charge on any atom is -0.325 e. The van der Waals surface area contributed by atoms with E-state index in [0.29, 0.717) is 0 Å². The number of halogens is 3. The van der Waals surface area contributed by atoms with Crippen LogP contribution < -0.4 is 10.6 Å². The maximum absolute atomic E-state index is 12.5. The molecule has 1 aliphatic carbocycles. The predicted molar refractivity (Wildman–Crippen MR) is 81.4 cm³/mol. The average molecular weight is 355 g/mol. The number of carbonyl (C=O) groups excluding carboxylic acids is 3. The third-order valence-corrected chi connectivity index (χ3v) is 4.49. The quantitative estimate of drug-likeness (QED) is 0.814. The zero-order valence-corrected chi connectivity index (χ0v) is 13.3. The lowest BCUT2D eigenvalue weighted by atomic mass is 9.96. The van der Waals surface area contributed by atoms with Crippen LogP contribution in [0, 0.1) is 5.92 Å².